The molecule has 7 heteroatoms. The largest absolute Gasteiger partial charge is 0.379 e. The lowest BCUT2D eigenvalue weighted by Crippen LogP contribution is -2.47. The quantitative estimate of drug-likeness (QED) is 0.859. The molecule has 1 fully saturated rings. The molecule has 1 N–H and O–H groups in total. The van der Waals surface area contributed by atoms with Crippen molar-refractivity contribution in [3.8, 4) is 6.07 Å². The Morgan fingerprint density at radius 3 is 2.52 bits per heavy atom. The predicted octanol–water partition coefficient (Wildman–Crippen LogP) is 0.557. The minimum atomic E-state index is -3.54. The Morgan fingerprint density at radius 1 is 1.33 bits per heavy atom. The molecule has 114 valence electrons. The second kappa shape index (κ2) is 7.00. The zero-order valence-electron chi connectivity index (χ0n) is 11.9. The van der Waals surface area contributed by atoms with Crippen molar-refractivity contribution >= 4 is 10.0 Å². The third kappa shape index (κ3) is 4.25. The van der Waals surface area contributed by atoms with Crippen LogP contribution in [0.25, 0.3) is 0 Å². The van der Waals surface area contributed by atoms with E-state index in [0.717, 1.165) is 13.1 Å². The molecule has 0 saturated carbocycles. The van der Waals surface area contributed by atoms with Crippen LogP contribution in [0, 0.1) is 11.3 Å². The summed E-state index contributed by atoms with van der Waals surface area (Å²) in [5.74, 6) is 0. The zero-order valence-corrected chi connectivity index (χ0v) is 12.8. The van der Waals surface area contributed by atoms with Gasteiger partial charge in [-0.2, -0.15) is 5.26 Å². The number of nitrogens with one attached hydrogen (secondary N) is 1. The highest BCUT2D eigenvalue weighted by Crippen LogP contribution is 2.10. The van der Waals surface area contributed by atoms with Crippen molar-refractivity contribution in [1.82, 2.24) is 9.62 Å². The molecule has 6 nitrogen and oxygen atoms in total. The molecule has 0 spiro atoms. The van der Waals surface area contributed by atoms with Gasteiger partial charge in [0.2, 0.25) is 10.0 Å². The maximum atomic E-state index is 12.2. The maximum absolute atomic E-state index is 12.2. The average molecular weight is 309 g/mol. The van der Waals surface area contributed by atoms with Gasteiger partial charge in [-0.15, -0.1) is 0 Å². The molecule has 0 unspecified atom stereocenters. The molecule has 1 aromatic rings. The number of hydrogen-bond donors (Lipinski definition) is 1. The van der Waals surface area contributed by atoms with Crippen LogP contribution in [0.1, 0.15) is 12.5 Å². The molecule has 0 bridgehead atoms. The van der Waals surface area contributed by atoms with E-state index in [1.165, 1.54) is 24.3 Å². The van der Waals surface area contributed by atoms with E-state index in [1.54, 1.807) is 0 Å². The highest BCUT2D eigenvalue weighted by Gasteiger charge is 2.20. The lowest BCUT2D eigenvalue weighted by Gasteiger charge is -2.32. The van der Waals surface area contributed by atoms with Gasteiger partial charge < -0.3 is 4.74 Å². The molecule has 0 amide bonds. The second-order valence-electron chi connectivity index (χ2n) is 4.99. The Labute approximate surface area is 125 Å². The predicted molar refractivity (Wildman–Crippen MR) is 78.2 cm³/mol. The summed E-state index contributed by atoms with van der Waals surface area (Å²) in [5, 5.41) is 8.72. The molecule has 1 saturated heterocycles. The lowest BCUT2D eigenvalue weighted by molar-refractivity contribution is 0.0213. The van der Waals surface area contributed by atoms with Gasteiger partial charge in [-0.3, -0.25) is 4.90 Å². The van der Waals surface area contributed by atoms with Crippen molar-refractivity contribution in [3.05, 3.63) is 29.8 Å². The summed E-state index contributed by atoms with van der Waals surface area (Å²) in [5.41, 5.74) is 0.440. The normalized spacial score (nSPS) is 18.1. The lowest BCUT2D eigenvalue weighted by atomic mass is 10.2. The molecule has 2 rings (SSSR count). The highest BCUT2D eigenvalue weighted by atomic mass is 32.2. The Morgan fingerprint density at radius 2 is 1.95 bits per heavy atom. The first-order chi connectivity index (χ1) is 10.0. The first kappa shape index (κ1) is 15.9. The minimum absolute atomic E-state index is 0.113. The fraction of sp³-hybridized carbons (Fsp3) is 0.500. The zero-order chi connectivity index (χ0) is 15.3. The number of sulfonamides is 1. The Hall–Kier alpha value is -1.46. The van der Waals surface area contributed by atoms with E-state index < -0.39 is 10.0 Å². The van der Waals surface area contributed by atoms with Crippen LogP contribution >= 0.6 is 0 Å². The second-order valence-corrected chi connectivity index (χ2v) is 6.75. The SMILES string of the molecule is C[C@@H](CNS(=O)(=O)c1ccc(C#N)cc1)N1CCOCC1. The average Bonchev–Trinajstić information content (AvgIpc) is 2.53. The number of ether oxygens (including phenoxy) is 1. The molecular formula is C14H19N3O3S. The summed E-state index contributed by atoms with van der Waals surface area (Å²) in [6, 6.07) is 7.97. The molecule has 1 aromatic carbocycles. The van der Waals surface area contributed by atoms with Gasteiger partial charge in [0.15, 0.2) is 0 Å². The van der Waals surface area contributed by atoms with Crippen molar-refractivity contribution in [3.63, 3.8) is 0 Å². The van der Waals surface area contributed by atoms with Crippen LogP contribution in [0.2, 0.25) is 0 Å². The van der Waals surface area contributed by atoms with Crippen LogP contribution in [0.5, 0.6) is 0 Å². The van der Waals surface area contributed by atoms with Crippen molar-refractivity contribution in [2.75, 3.05) is 32.8 Å². The van der Waals surface area contributed by atoms with Gasteiger partial charge in [0, 0.05) is 25.7 Å². The molecule has 1 heterocycles. The van der Waals surface area contributed by atoms with E-state index in [2.05, 4.69) is 9.62 Å². The first-order valence-corrected chi connectivity index (χ1v) is 8.33. The number of morpholine rings is 1. The molecule has 0 aliphatic carbocycles. The van der Waals surface area contributed by atoms with Gasteiger partial charge in [-0.1, -0.05) is 0 Å². The molecule has 0 radical (unpaired) electrons. The van der Waals surface area contributed by atoms with E-state index in [0.29, 0.717) is 25.3 Å². The van der Waals surface area contributed by atoms with E-state index in [1.807, 2.05) is 13.0 Å². The van der Waals surface area contributed by atoms with Crippen molar-refractivity contribution in [2.45, 2.75) is 17.9 Å². The fourth-order valence-corrected chi connectivity index (χ4v) is 3.29. The minimum Gasteiger partial charge on any atom is -0.379 e. The van der Waals surface area contributed by atoms with Gasteiger partial charge >= 0.3 is 0 Å². The van der Waals surface area contributed by atoms with Crippen LogP contribution in [-0.4, -0.2) is 52.2 Å². The van der Waals surface area contributed by atoms with E-state index in [4.69, 9.17) is 10.00 Å². The van der Waals surface area contributed by atoms with Crippen molar-refractivity contribution < 1.29 is 13.2 Å². The number of rotatable bonds is 5. The van der Waals surface area contributed by atoms with Crippen LogP contribution in [-0.2, 0) is 14.8 Å². The van der Waals surface area contributed by atoms with Crippen LogP contribution < -0.4 is 4.72 Å². The number of nitrogens with zero attached hydrogens (tertiary/aromatic N) is 2. The highest BCUT2D eigenvalue weighted by molar-refractivity contribution is 7.89. The summed E-state index contributed by atoms with van der Waals surface area (Å²) in [4.78, 5) is 2.38. The van der Waals surface area contributed by atoms with Gasteiger partial charge in [0.05, 0.1) is 29.7 Å². The van der Waals surface area contributed by atoms with Gasteiger partial charge in [0.1, 0.15) is 0 Å². The maximum Gasteiger partial charge on any atom is 0.240 e. The molecule has 1 aliphatic heterocycles. The third-order valence-corrected chi connectivity index (χ3v) is 4.97. The smallest absolute Gasteiger partial charge is 0.240 e. The Balaban J connectivity index is 1.95. The molecule has 1 aliphatic rings. The summed E-state index contributed by atoms with van der Waals surface area (Å²) < 4.78 is 32.3. The molecule has 1 atom stereocenters. The Bertz CT molecular complexity index is 601. The van der Waals surface area contributed by atoms with E-state index in [9.17, 15) is 8.42 Å². The first-order valence-electron chi connectivity index (χ1n) is 6.84. The fourth-order valence-electron chi connectivity index (χ4n) is 2.17. The van der Waals surface area contributed by atoms with E-state index in [-0.39, 0.29) is 10.9 Å². The van der Waals surface area contributed by atoms with Crippen LogP contribution in [0.15, 0.2) is 29.2 Å². The van der Waals surface area contributed by atoms with Crippen LogP contribution in [0.3, 0.4) is 0 Å². The number of nitriles is 1. The standard InChI is InChI=1S/C14H19N3O3S/c1-12(17-6-8-20-9-7-17)11-16-21(18,19)14-4-2-13(10-15)3-5-14/h2-5,12,16H,6-9,11H2,1H3/t12-/m0/s1. The van der Waals surface area contributed by atoms with Gasteiger partial charge in [0.25, 0.3) is 0 Å². The molecular weight excluding hydrogens is 290 g/mol. The molecule has 0 aromatic heterocycles. The summed E-state index contributed by atoms with van der Waals surface area (Å²) in [7, 11) is -3.54. The van der Waals surface area contributed by atoms with Crippen molar-refractivity contribution in [1.29, 1.82) is 5.26 Å². The summed E-state index contributed by atoms with van der Waals surface area (Å²) >= 11 is 0. The summed E-state index contributed by atoms with van der Waals surface area (Å²) in [6.45, 7) is 5.36. The Kier molecular flexibility index (Phi) is 5.31. The number of hydrogen-bond acceptors (Lipinski definition) is 5. The molecule has 21 heavy (non-hydrogen) atoms. The van der Waals surface area contributed by atoms with Crippen LogP contribution in [0.4, 0.5) is 0 Å². The van der Waals surface area contributed by atoms with E-state index >= 15 is 0 Å². The van der Waals surface area contributed by atoms with Gasteiger partial charge in [-0.25, -0.2) is 13.1 Å². The number of benzene rings is 1. The third-order valence-electron chi connectivity index (χ3n) is 3.53. The van der Waals surface area contributed by atoms with Gasteiger partial charge in [-0.05, 0) is 31.2 Å². The monoisotopic (exact) mass is 309 g/mol. The topological polar surface area (TPSA) is 82.4 Å². The van der Waals surface area contributed by atoms with Crippen molar-refractivity contribution in [2.24, 2.45) is 0 Å². The summed E-state index contributed by atoms with van der Waals surface area (Å²) in [6.07, 6.45) is 0.